The summed E-state index contributed by atoms with van der Waals surface area (Å²) in [6.07, 6.45) is 0. The number of anilines is 1. The average Bonchev–Trinajstić information content (AvgIpc) is 2.91. The van der Waals surface area contributed by atoms with Gasteiger partial charge in [0, 0.05) is 12.1 Å². The van der Waals surface area contributed by atoms with Crippen molar-refractivity contribution in [3.05, 3.63) is 40.6 Å². The van der Waals surface area contributed by atoms with E-state index in [-0.39, 0.29) is 16.6 Å². The van der Waals surface area contributed by atoms with Crippen LogP contribution in [0.4, 0.5) is 5.69 Å². The third-order valence-corrected chi connectivity index (χ3v) is 5.20. The second-order valence-electron chi connectivity index (χ2n) is 4.30. The van der Waals surface area contributed by atoms with E-state index in [1.807, 2.05) is 16.8 Å². The smallest absolute Gasteiger partial charge is 0.243 e. The number of sulfonamides is 1. The van der Waals surface area contributed by atoms with Crippen molar-refractivity contribution >= 4 is 27.0 Å². The molecule has 20 heavy (non-hydrogen) atoms. The zero-order valence-electron chi connectivity index (χ0n) is 11.2. The molecule has 0 radical (unpaired) electrons. The first-order chi connectivity index (χ1) is 9.44. The first-order valence-corrected chi connectivity index (χ1v) is 8.34. The molecule has 0 aliphatic heterocycles. The summed E-state index contributed by atoms with van der Waals surface area (Å²) in [7, 11) is -2.17. The molecule has 5 nitrogen and oxygen atoms in total. The number of hydrogen-bond donors (Lipinski definition) is 2. The maximum atomic E-state index is 12.3. The molecule has 0 spiro atoms. The van der Waals surface area contributed by atoms with Gasteiger partial charge in [0.2, 0.25) is 10.0 Å². The van der Waals surface area contributed by atoms with Crippen LogP contribution < -0.4 is 15.2 Å². The number of ether oxygens (including phenoxy) is 1. The van der Waals surface area contributed by atoms with Gasteiger partial charge in [-0.05, 0) is 41.4 Å². The molecular formula is C13H16N2O3S2. The fourth-order valence-electron chi connectivity index (χ4n) is 1.78. The molecular weight excluding hydrogens is 296 g/mol. The van der Waals surface area contributed by atoms with Crippen molar-refractivity contribution in [3.8, 4) is 5.75 Å². The lowest BCUT2D eigenvalue weighted by Crippen LogP contribution is -2.27. The standard InChI is InChI=1S/C13H16N2O3S2/c1-9(10-5-6-19-8-10)15-20(16,17)13-4-3-11(18-2)7-12(13)14/h3-9,15H,14H2,1-2H3. The summed E-state index contributed by atoms with van der Waals surface area (Å²) in [4.78, 5) is 0.0559. The highest BCUT2D eigenvalue weighted by Crippen LogP contribution is 2.25. The highest BCUT2D eigenvalue weighted by Gasteiger charge is 2.21. The normalized spacial score (nSPS) is 13.1. The quantitative estimate of drug-likeness (QED) is 0.831. The van der Waals surface area contributed by atoms with Crippen molar-refractivity contribution in [2.24, 2.45) is 0 Å². The molecule has 0 amide bonds. The van der Waals surface area contributed by atoms with Crippen molar-refractivity contribution in [1.29, 1.82) is 0 Å². The van der Waals surface area contributed by atoms with Gasteiger partial charge in [-0.2, -0.15) is 11.3 Å². The highest BCUT2D eigenvalue weighted by molar-refractivity contribution is 7.89. The summed E-state index contributed by atoms with van der Waals surface area (Å²) >= 11 is 1.52. The lowest BCUT2D eigenvalue weighted by molar-refractivity contribution is 0.414. The minimum atomic E-state index is -3.67. The van der Waals surface area contributed by atoms with Gasteiger partial charge in [-0.3, -0.25) is 0 Å². The van der Waals surface area contributed by atoms with E-state index < -0.39 is 10.0 Å². The largest absolute Gasteiger partial charge is 0.497 e. The molecule has 1 heterocycles. The third-order valence-electron chi connectivity index (χ3n) is 2.88. The monoisotopic (exact) mass is 312 g/mol. The molecule has 1 unspecified atom stereocenters. The second kappa shape index (κ2) is 5.82. The zero-order chi connectivity index (χ0) is 14.8. The van der Waals surface area contributed by atoms with Crippen LogP contribution in [0.3, 0.4) is 0 Å². The SMILES string of the molecule is COc1ccc(S(=O)(=O)NC(C)c2ccsc2)c(N)c1. The summed E-state index contributed by atoms with van der Waals surface area (Å²) < 4.78 is 32.3. The number of benzene rings is 1. The Morgan fingerprint density at radius 3 is 2.65 bits per heavy atom. The fourth-order valence-corrected chi connectivity index (χ4v) is 3.88. The van der Waals surface area contributed by atoms with Crippen LogP contribution in [0.2, 0.25) is 0 Å². The van der Waals surface area contributed by atoms with Gasteiger partial charge in [0.25, 0.3) is 0 Å². The summed E-state index contributed by atoms with van der Waals surface area (Å²) in [5.74, 6) is 0.521. The summed E-state index contributed by atoms with van der Waals surface area (Å²) in [5.41, 5.74) is 6.86. The van der Waals surface area contributed by atoms with Gasteiger partial charge in [0.05, 0.1) is 12.8 Å². The molecule has 0 fully saturated rings. The van der Waals surface area contributed by atoms with E-state index in [9.17, 15) is 8.42 Å². The molecule has 0 saturated carbocycles. The van der Waals surface area contributed by atoms with Crippen molar-refractivity contribution in [1.82, 2.24) is 4.72 Å². The molecule has 1 aromatic carbocycles. The Morgan fingerprint density at radius 2 is 2.10 bits per heavy atom. The Kier molecular flexibility index (Phi) is 4.32. The van der Waals surface area contributed by atoms with Crippen LogP contribution in [-0.4, -0.2) is 15.5 Å². The molecule has 0 bridgehead atoms. The summed E-state index contributed by atoms with van der Waals surface area (Å²) in [5, 5.41) is 3.81. The first-order valence-electron chi connectivity index (χ1n) is 5.92. The van der Waals surface area contributed by atoms with E-state index in [1.165, 1.54) is 30.6 Å². The minimum Gasteiger partial charge on any atom is -0.497 e. The van der Waals surface area contributed by atoms with Crippen LogP contribution in [-0.2, 0) is 10.0 Å². The molecule has 0 aliphatic carbocycles. The number of methoxy groups -OCH3 is 1. The van der Waals surface area contributed by atoms with E-state index in [4.69, 9.17) is 10.5 Å². The lowest BCUT2D eigenvalue weighted by atomic mass is 10.2. The summed E-state index contributed by atoms with van der Waals surface area (Å²) in [6, 6.07) is 6.07. The number of thiophene rings is 1. The molecule has 0 saturated heterocycles. The first kappa shape index (κ1) is 14.8. The molecule has 1 aromatic heterocycles. The Balaban J connectivity index is 2.27. The fraction of sp³-hybridized carbons (Fsp3) is 0.231. The molecule has 2 rings (SSSR count). The molecule has 2 aromatic rings. The van der Waals surface area contributed by atoms with E-state index in [0.717, 1.165) is 5.56 Å². The molecule has 7 heteroatoms. The van der Waals surface area contributed by atoms with Gasteiger partial charge in [0.1, 0.15) is 10.6 Å². The molecule has 108 valence electrons. The van der Waals surface area contributed by atoms with Crippen LogP contribution in [0.5, 0.6) is 5.75 Å². The summed E-state index contributed by atoms with van der Waals surface area (Å²) in [6.45, 7) is 1.79. The average molecular weight is 312 g/mol. The van der Waals surface area contributed by atoms with Gasteiger partial charge in [0.15, 0.2) is 0 Å². The van der Waals surface area contributed by atoms with Gasteiger partial charge < -0.3 is 10.5 Å². The van der Waals surface area contributed by atoms with Gasteiger partial charge in [-0.1, -0.05) is 0 Å². The van der Waals surface area contributed by atoms with E-state index in [1.54, 1.807) is 13.0 Å². The van der Waals surface area contributed by atoms with Gasteiger partial charge >= 0.3 is 0 Å². The predicted molar refractivity (Wildman–Crippen MR) is 80.5 cm³/mol. The van der Waals surface area contributed by atoms with Crippen molar-refractivity contribution in [2.45, 2.75) is 17.9 Å². The van der Waals surface area contributed by atoms with Crippen LogP contribution >= 0.6 is 11.3 Å². The van der Waals surface area contributed by atoms with Crippen molar-refractivity contribution < 1.29 is 13.2 Å². The number of nitrogens with one attached hydrogen (secondary N) is 1. The van der Waals surface area contributed by atoms with Crippen LogP contribution in [0, 0.1) is 0 Å². The van der Waals surface area contributed by atoms with Crippen molar-refractivity contribution in [2.75, 3.05) is 12.8 Å². The zero-order valence-corrected chi connectivity index (χ0v) is 12.8. The number of rotatable bonds is 5. The lowest BCUT2D eigenvalue weighted by Gasteiger charge is -2.14. The van der Waals surface area contributed by atoms with Crippen molar-refractivity contribution in [3.63, 3.8) is 0 Å². The van der Waals surface area contributed by atoms with E-state index in [2.05, 4.69) is 4.72 Å². The number of hydrogen-bond acceptors (Lipinski definition) is 5. The Labute approximate surface area is 122 Å². The predicted octanol–water partition coefficient (Wildman–Crippen LogP) is 2.38. The van der Waals surface area contributed by atoms with E-state index in [0.29, 0.717) is 5.75 Å². The maximum absolute atomic E-state index is 12.3. The Morgan fingerprint density at radius 1 is 1.35 bits per heavy atom. The van der Waals surface area contributed by atoms with Gasteiger partial charge in [-0.15, -0.1) is 0 Å². The Hall–Kier alpha value is -1.57. The topological polar surface area (TPSA) is 81.4 Å². The number of nitrogen functional groups attached to an aromatic ring is 1. The minimum absolute atomic E-state index is 0.0559. The molecule has 0 aliphatic rings. The maximum Gasteiger partial charge on any atom is 0.243 e. The van der Waals surface area contributed by atoms with Gasteiger partial charge in [-0.25, -0.2) is 13.1 Å². The van der Waals surface area contributed by atoms with Crippen LogP contribution in [0.25, 0.3) is 0 Å². The molecule has 1 atom stereocenters. The highest BCUT2D eigenvalue weighted by atomic mass is 32.2. The van der Waals surface area contributed by atoms with Crippen LogP contribution in [0.1, 0.15) is 18.5 Å². The number of nitrogens with two attached hydrogens (primary N) is 1. The van der Waals surface area contributed by atoms with Crippen LogP contribution in [0.15, 0.2) is 39.9 Å². The second-order valence-corrected chi connectivity index (χ2v) is 6.77. The van der Waals surface area contributed by atoms with E-state index >= 15 is 0 Å². The molecule has 3 N–H and O–H groups in total. The Bertz CT molecular complexity index is 682. The third kappa shape index (κ3) is 3.12.